The third kappa shape index (κ3) is 3.56. The maximum absolute atomic E-state index is 12.3. The summed E-state index contributed by atoms with van der Waals surface area (Å²) < 4.78 is 11.0. The number of ether oxygens (including phenoxy) is 1. The van der Waals surface area contributed by atoms with Crippen molar-refractivity contribution in [1.82, 2.24) is 10.2 Å². The zero-order valence-corrected chi connectivity index (χ0v) is 14.3. The lowest BCUT2D eigenvalue weighted by Crippen LogP contribution is -2.45. The van der Waals surface area contributed by atoms with Crippen LogP contribution in [0.3, 0.4) is 0 Å². The van der Waals surface area contributed by atoms with Gasteiger partial charge in [-0.3, -0.25) is 4.79 Å². The molecule has 0 radical (unpaired) electrons. The molecule has 1 amide bonds. The number of amides is 1. The highest BCUT2D eigenvalue weighted by atomic mass is 16.5. The van der Waals surface area contributed by atoms with Gasteiger partial charge in [-0.1, -0.05) is 18.2 Å². The average Bonchev–Trinajstić information content (AvgIpc) is 3.21. The van der Waals surface area contributed by atoms with Gasteiger partial charge in [0.2, 0.25) is 0 Å². The molecule has 1 aromatic carbocycles. The highest BCUT2D eigenvalue weighted by molar-refractivity contribution is 5.91. The number of likely N-dealkylation sites (tertiary alicyclic amines) is 1. The Balaban J connectivity index is 1.28. The van der Waals surface area contributed by atoms with E-state index in [0.29, 0.717) is 17.7 Å². The Labute approximate surface area is 148 Å². The largest absolute Gasteiger partial charge is 0.493 e. The van der Waals surface area contributed by atoms with Gasteiger partial charge in [0.05, 0.1) is 12.9 Å². The topological polar surface area (TPSA) is 54.7 Å². The minimum Gasteiger partial charge on any atom is -0.493 e. The Morgan fingerprint density at radius 2 is 1.96 bits per heavy atom. The van der Waals surface area contributed by atoms with Crippen LogP contribution in [0, 0.1) is 0 Å². The number of nitrogens with one attached hydrogen (secondary N) is 1. The van der Waals surface area contributed by atoms with E-state index in [4.69, 9.17) is 9.15 Å². The Hall–Kier alpha value is -2.27. The lowest BCUT2D eigenvalue weighted by Gasteiger charge is -2.33. The van der Waals surface area contributed by atoms with E-state index in [1.54, 1.807) is 18.4 Å². The minimum atomic E-state index is 0.00167. The molecule has 2 aliphatic rings. The molecular weight excluding hydrogens is 316 g/mol. The highest BCUT2D eigenvalue weighted by Crippen LogP contribution is 2.33. The first-order valence-electron chi connectivity index (χ1n) is 9.09. The molecule has 0 unspecified atom stereocenters. The number of benzene rings is 1. The second-order valence-corrected chi connectivity index (χ2v) is 6.82. The van der Waals surface area contributed by atoms with E-state index >= 15 is 0 Å². The average molecular weight is 340 g/mol. The summed E-state index contributed by atoms with van der Waals surface area (Å²) in [4.78, 5) is 14.2. The van der Waals surface area contributed by atoms with Crippen molar-refractivity contribution in [3.63, 3.8) is 0 Å². The molecule has 25 heavy (non-hydrogen) atoms. The molecule has 2 aliphatic heterocycles. The van der Waals surface area contributed by atoms with Gasteiger partial charge in [-0.05, 0) is 43.0 Å². The van der Waals surface area contributed by atoms with Crippen LogP contribution < -0.4 is 10.1 Å². The number of hydrogen-bond donors (Lipinski definition) is 1. The summed E-state index contributed by atoms with van der Waals surface area (Å²) >= 11 is 0. The number of piperidine rings is 1. The summed E-state index contributed by atoms with van der Waals surface area (Å²) in [7, 11) is 0. The molecule has 0 bridgehead atoms. The Bertz CT molecular complexity index is 705. The zero-order valence-electron chi connectivity index (χ0n) is 14.3. The molecular formula is C20H24N2O3. The van der Waals surface area contributed by atoms with Crippen molar-refractivity contribution in [2.75, 3.05) is 26.2 Å². The van der Waals surface area contributed by atoms with Gasteiger partial charge < -0.3 is 19.4 Å². The smallest absolute Gasteiger partial charge is 0.289 e. The molecule has 1 atom stereocenters. The van der Waals surface area contributed by atoms with Crippen molar-refractivity contribution in [1.29, 1.82) is 0 Å². The Kier molecular flexibility index (Phi) is 4.74. The van der Waals surface area contributed by atoms with E-state index in [-0.39, 0.29) is 5.91 Å². The van der Waals surface area contributed by atoms with Crippen molar-refractivity contribution in [3.8, 4) is 5.75 Å². The van der Waals surface area contributed by atoms with Crippen molar-refractivity contribution in [2.45, 2.75) is 31.2 Å². The molecule has 0 aliphatic carbocycles. The molecule has 132 valence electrons. The molecule has 4 rings (SSSR count). The standard InChI is InChI=1S/C20H24N2O3/c23-20(19-6-3-12-24-19)22-10-7-16(8-11-22)21-14-15-9-13-25-18-5-2-1-4-17(15)18/h1-6,12,15-16,21H,7-11,13-14H2/t15-/m1/s1. The summed E-state index contributed by atoms with van der Waals surface area (Å²) in [5.41, 5.74) is 1.31. The van der Waals surface area contributed by atoms with Crippen LogP contribution in [0.2, 0.25) is 0 Å². The van der Waals surface area contributed by atoms with Crippen LogP contribution in [-0.4, -0.2) is 43.1 Å². The molecule has 1 aromatic heterocycles. The predicted octanol–water partition coefficient (Wildman–Crippen LogP) is 3.04. The lowest BCUT2D eigenvalue weighted by atomic mass is 9.92. The number of carbonyl (C=O) groups excluding carboxylic acids is 1. The molecule has 1 N–H and O–H groups in total. The van der Waals surface area contributed by atoms with Gasteiger partial charge in [-0.15, -0.1) is 0 Å². The van der Waals surface area contributed by atoms with Gasteiger partial charge in [0.1, 0.15) is 5.75 Å². The number of rotatable bonds is 4. The van der Waals surface area contributed by atoms with Gasteiger partial charge >= 0.3 is 0 Å². The number of para-hydroxylation sites is 1. The molecule has 5 heteroatoms. The van der Waals surface area contributed by atoms with Gasteiger partial charge in [0.25, 0.3) is 5.91 Å². The fraction of sp³-hybridized carbons (Fsp3) is 0.450. The second kappa shape index (κ2) is 7.31. The maximum Gasteiger partial charge on any atom is 0.289 e. The van der Waals surface area contributed by atoms with Crippen molar-refractivity contribution >= 4 is 5.91 Å². The number of carbonyl (C=O) groups is 1. The monoisotopic (exact) mass is 340 g/mol. The van der Waals surface area contributed by atoms with Crippen LogP contribution in [0.25, 0.3) is 0 Å². The molecule has 0 saturated carbocycles. The van der Waals surface area contributed by atoms with Crippen molar-refractivity contribution in [3.05, 3.63) is 54.0 Å². The highest BCUT2D eigenvalue weighted by Gasteiger charge is 2.26. The van der Waals surface area contributed by atoms with Crippen LogP contribution in [0.4, 0.5) is 0 Å². The quantitative estimate of drug-likeness (QED) is 0.929. The first kappa shape index (κ1) is 16.2. The maximum atomic E-state index is 12.3. The fourth-order valence-corrected chi connectivity index (χ4v) is 3.78. The second-order valence-electron chi connectivity index (χ2n) is 6.82. The summed E-state index contributed by atoms with van der Waals surface area (Å²) in [5, 5.41) is 3.71. The third-order valence-corrected chi connectivity index (χ3v) is 5.25. The molecule has 3 heterocycles. The summed E-state index contributed by atoms with van der Waals surface area (Å²) in [6, 6.07) is 12.3. The van der Waals surface area contributed by atoms with Crippen molar-refractivity contribution in [2.24, 2.45) is 0 Å². The van der Waals surface area contributed by atoms with E-state index in [2.05, 4.69) is 23.5 Å². The first-order valence-corrected chi connectivity index (χ1v) is 9.09. The first-order chi connectivity index (χ1) is 12.3. The lowest BCUT2D eigenvalue weighted by molar-refractivity contribution is 0.0672. The molecule has 1 fully saturated rings. The van der Waals surface area contributed by atoms with Crippen LogP contribution in [0.5, 0.6) is 5.75 Å². The third-order valence-electron chi connectivity index (χ3n) is 5.25. The SMILES string of the molecule is O=C(c1ccco1)N1CCC(NC[C@H]2CCOc3ccccc32)CC1. The van der Waals surface area contributed by atoms with Gasteiger partial charge in [-0.25, -0.2) is 0 Å². The summed E-state index contributed by atoms with van der Waals surface area (Å²) in [6.45, 7) is 3.32. The number of hydrogen-bond acceptors (Lipinski definition) is 4. The van der Waals surface area contributed by atoms with Gasteiger partial charge in [0.15, 0.2) is 5.76 Å². The predicted molar refractivity (Wildman–Crippen MR) is 94.9 cm³/mol. The fourth-order valence-electron chi connectivity index (χ4n) is 3.78. The van der Waals surface area contributed by atoms with E-state index in [1.165, 1.54) is 5.56 Å². The zero-order chi connectivity index (χ0) is 17.1. The van der Waals surface area contributed by atoms with E-state index in [1.807, 2.05) is 11.0 Å². The normalized spacial score (nSPS) is 20.8. The van der Waals surface area contributed by atoms with Gasteiger partial charge in [-0.2, -0.15) is 0 Å². The summed E-state index contributed by atoms with van der Waals surface area (Å²) in [6.07, 6.45) is 4.57. The van der Waals surface area contributed by atoms with E-state index in [0.717, 1.165) is 51.3 Å². The number of nitrogens with zero attached hydrogens (tertiary/aromatic N) is 1. The van der Waals surface area contributed by atoms with E-state index in [9.17, 15) is 4.79 Å². The Morgan fingerprint density at radius 3 is 2.76 bits per heavy atom. The van der Waals surface area contributed by atoms with Crippen LogP contribution in [-0.2, 0) is 0 Å². The van der Waals surface area contributed by atoms with Crippen LogP contribution >= 0.6 is 0 Å². The molecule has 0 spiro atoms. The number of fused-ring (bicyclic) bond motifs is 1. The Morgan fingerprint density at radius 1 is 1.12 bits per heavy atom. The van der Waals surface area contributed by atoms with Crippen molar-refractivity contribution < 1.29 is 13.9 Å². The summed E-state index contributed by atoms with van der Waals surface area (Å²) in [5.74, 6) is 1.97. The van der Waals surface area contributed by atoms with Gasteiger partial charge in [0, 0.05) is 31.6 Å². The molecule has 5 nitrogen and oxygen atoms in total. The van der Waals surface area contributed by atoms with Crippen LogP contribution in [0.15, 0.2) is 47.1 Å². The molecule has 1 saturated heterocycles. The minimum absolute atomic E-state index is 0.00167. The van der Waals surface area contributed by atoms with E-state index < -0.39 is 0 Å². The number of furan rings is 1. The molecule has 2 aromatic rings. The van der Waals surface area contributed by atoms with Crippen LogP contribution in [0.1, 0.15) is 41.3 Å².